The Balaban J connectivity index is 1.23. The van der Waals surface area contributed by atoms with E-state index >= 15 is 0 Å². The third-order valence-electron chi connectivity index (χ3n) is 6.12. The van der Waals surface area contributed by atoms with Crippen molar-refractivity contribution in [1.29, 1.82) is 0 Å². The van der Waals surface area contributed by atoms with E-state index in [1.54, 1.807) is 24.8 Å². The van der Waals surface area contributed by atoms with E-state index in [0.717, 1.165) is 64.5 Å². The highest BCUT2D eigenvalue weighted by Gasteiger charge is 2.23. The quantitative estimate of drug-likeness (QED) is 0.398. The number of likely N-dealkylation sites (tertiary alicyclic amines) is 1. The standard InChI is InChI=1S/C26H27N5O2S/c1-33-21-9-7-18(8-10-21)22-16-34-26-24(22)25(27-17-28-26)30-20-11-13-31(14-12-20)15-23(32)29-19-5-3-2-4-6-19/h2-10,16-17,20H,11-15H2,1H3,(H,29,32)(H,27,28,30). The van der Waals surface area contributed by atoms with Gasteiger partial charge in [-0.15, -0.1) is 11.3 Å². The molecule has 1 amide bonds. The number of methoxy groups -OCH3 is 1. The predicted molar refractivity (Wildman–Crippen MR) is 138 cm³/mol. The van der Waals surface area contributed by atoms with Crippen molar-refractivity contribution < 1.29 is 9.53 Å². The average Bonchev–Trinajstić information content (AvgIpc) is 3.31. The first-order chi connectivity index (χ1) is 16.7. The van der Waals surface area contributed by atoms with Crippen LogP contribution in [0.15, 0.2) is 66.3 Å². The maximum Gasteiger partial charge on any atom is 0.238 e. The number of piperidine rings is 1. The summed E-state index contributed by atoms with van der Waals surface area (Å²) in [6, 6.07) is 18.0. The Hall–Kier alpha value is -3.49. The molecule has 2 N–H and O–H groups in total. The number of anilines is 2. The number of hydrogen-bond acceptors (Lipinski definition) is 7. The summed E-state index contributed by atoms with van der Waals surface area (Å²) in [5.41, 5.74) is 3.07. The van der Waals surface area contributed by atoms with Gasteiger partial charge >= 0.3 is 0 Å². The molecular weight excluding hydrogens is 446 g/mol. The fourth-order valence-electron chi connectivity index (χ4n) is 4.32. The van der Waals surface area contributed by atoms with Gasteiger partial charge in [0.25, 0.3) is 0 Å². The van der Waals surface area contributed by atoms with Crippen molar-refractivity contribution in [3.05, 3.63) is 66.3 Å². The predicted octanol–water partition coefficient (Wildman–Crippen LogP) is 4.88. The molecule has 0 spiro atoms. The molecule has 0 atom stereocenters. The van der Waals surface area contributed by atoms with E-state index in [1.807, 2.05) is 42.5 Å². The highest BCUT2D eigenvalue weighted by atomic mass is 32.1. The Bertz CT molecular complexity index is 1250. The lowest BCUT2D eigenvalue weighted by molar-refractivity contribution is -0.117. The van der Waals surface area contributed by atoms with Gasteiger partial charge in [-0.25, -0.2) is 9.97 Å². The molecule has 4 aromatic rings. The summed E-state index contributed by atoms with van der Waals surface area (Å²) in [4.78, 5) is 24.6. The summed E-state index contributed by atoms with van der Waals surface area (Å²) in [7, 11) is 1.67. The Morgan fingerprint density at radius 3 is 2.59 bits per heavy atom. The van der Waals surface area contributed by atoms with E-state index < -0.39 is 0 Å². The topological polar surface area (TPSA) is 79.4 Å². The molecule has 34 heavy (non-hydrogen) atoms. The molecule has 2 aromatic carbocycles. The number of ether oxygens (including phenoxy) is 1. The van der Waals surface area contributed by atoms with E-state index in [4.69, 9.17) is 4.74 Å². The smallest absolute Gasteiger partial charge is 0.238 e. The molecule has 5 rings (SSSR count). The van der Waals surface area contributed by atoms with Crippen LogP contribution in [0.25, 0.3) is 21.3 Å². The second-order valence-corrected chi connectivity index (χ2v) is 9.25. The number of benzene rings is 2. The van der Waals surface area contributed by atoms with Gasteiger partial charge in [0.1, 0.15) is 22.7 Å². The minimum Gasteiger partial charge on any atom is -0.497 e. The zero-order valence-corrected chi connectivity index (χ0v) is 19.8. The SMILES string of the molecule is COc1ccc(-c2csc3ncnc(NC4CCN(CC(=O)Nc5ccccc5)CC4)c23)cc1. The number of hydrogen-bond donors (Lipinski definition) is 2. The van der Waals surface area contributed by atoms with Crippen LogP contribution in [-0.2, 0) is 4.79 Å². The van der Waals surface area contributed by atoms with Gasteiger partial charge in [-0.2, -0.15) is 0 Å². The zero-order valence-electron chi connectivity index (χ0n) is 19.0. The van der Waals surface area contributed by atoms with Gasteiger partial charge in [-0.3, -0.25) is 9.69 Å². The first-order valence-electron chi connectivity index (χ1n) is 11.4. The van der Waals surface area contributed by atoms with Crippen molar-refractivity contribution >= 4 is 39.0 Å². The summed E-state index contributed by atoms with van der Waals surface area (Å²) in [5, 5.41) is 9.82. The van der Waals surface area contributed by atoms with E-state index in [0.29, 0.717) is 12.6 Å². The molecule has 8 heteroatoms. The fourth-order valence-corrected chi connectivity index (χ4v) is 5.24. The number of rotatable bonds is 7. The first kappa shape index (κ1) is 22.3. The molecule has 174 valence electrons. The number of aromatic nitrogens is 2. The van der Waals surface area contributed by atoms with Crippen LogP contribution >= 0.6 is 11.3 Å². The molecule has 0 aliphatic carbocycles. The Morgan fingerprint density at radius 1 is 1.09 bits per heavy atom. The normalized spacial score (nSPS) is 14.7. The molecule has 0 unspecified atom stereocenters. The molecule has 0 bridgehead atoms. The lowest BCUT2D eigenvalue weighted by atomic mass is 10.0. The number of thiophene rings is 1. The number of carbonyl (C=O) groups is 1. The maximum atomic E-state index is 12.4. The van der Waals surface area contributed by atoms with E-state index in [2.05, 4.69) is 43.0 Å². The lowest BCUT2D eigenvalue weighted by Gasteiger charge is -2.32. The molecule has 0 radical (unpaired) electrons. The maximum absolute atomic E-state index is 12.4. The van der Waals surface area contributed by atoms with Crippen LogP contribution < -0.4 is 15.4 Å². The number of nitrogens with zero attached hydrogens (tertiary/aromatic N) is 3. The summed E-state index contributed by atoms with van der Waals surface area (Å²) in [6.45, 7) is 2.14. The van der Waals surface area contributed by atoms with Crippen molar-refractivity contribution in [2.24, 2.45) is 0 Å². The van der Waals surface area contributed by atoms with Gasteiger partial charge in [0, 0.05) is 35.8 Å². The number of amides is 1. The molecule has 1 fully saturated rings. The van der Waals surface area contributed by atoms with E-state index in [1.165, 1.54) is 0 Å². The number of carbonyl (C=O) groups excluding carboxylic acids is 1. The molecule has 1 aliphatic rings. The van der Waals surface area contributed by atoms with Crippen molar-refractivity contribution in [3.63, 3.8) is 0 Å². The second kappa shape index (κ2) is 10.2. The van der Waals surface area contributed by atoms with Crippen LogP contribution in [0.5, 0.6) is 5.75 Å². The van der Waals surface area contributed by atoms with Gasteiger partial charge in [0.15, 0.2) is 0 Å². The molecule has 1 saturated heterocycles. The van der Waals surface area contributed by atoms with Crippen LogP contribution in [0.2, 0.25) is 0 Å². The summed E-state index contributed by atoms with van der Waals surface area (Å²) >= 11 is 1.63. The lowest BCUT2D eigenvalue weighted by Crippen LogP contribution is -2.42. The largest absolute Gasteiger partial charge is 0.497 e. The second-order valence-electron chi connectivity index (χ2n) is 8.39. The van der Waals surface area contributed by atoms with Gasteiger partial charge in [0.2, 0.25) is 5.91 Å². The Kier molecular flexibility index (Phi) is 6.69. The van der Waals surface area contributed by atoms with E-state index in [-0.39, 0.29) is 5.91 Å². The summed E-state index contributed by atoms with van der Waals surface area (Å²) < 4.78 is 5.30. The highest BCUT2D eigenvalue weighted by Crippen LogP contribution is 2.37. The van der Waals surface area contributed by atoms with Gasteiger partial charge < -0.3 is 15.4 Å². The minimum absolute atomic E-state index is 0.0255. The van der Waals surface area contributed by atoms with Crippen LogP contribution in [0, 0.1) is 0 Å². The first-order valence-corrected chi connectivity index (χ1v) is 12.3. The monoisotopic (exact) mass is 473 g/mol. The minimum atomic E-state index is 0.0255. The molecule has 0 saturated carbocycles. The zero-order chi connectivity index (χ0) is 23.3. The van der Waals surface area contributed by atoms with Crippen molar-refractivity contribution in [1.82, 2.24) is 14.9 Å². The van der Waals surface area contributed by atoms with Gasteiger partial charge in [-0.1, -0.05) is 30.3 Å². The molecule has 3 heterocycles. The summed E-state index contributed by atoms with van der Waals surface area (Å²) in [5.74, 6) is 1.73. The van der Waals surface area contributed by atoms with Crippen LogP contribution in [-0.4, -0.2) is 53.6 Å². The van der Waals surface area contributed by atoms with Crippen molar-refractivity contribution in [2.45, 2.75) is 18.9 Å². The molecular formula is C26H27N5O2S. The summed E-state index contributed by atoms with van der Waals surface area (Å²) in [6.07, 6.45) is 3.53. The average molecular weight is 474 g/mol. The Morgan fingerprint density at radius 2 is 1.85 bits per heavy atom. The molecule has 7 nitrogen and oxygen atoms in total. The third-order valence-corrected chi connectivity index (χ3v) is 7.01. The molecule has 2 aromatic heterocycles. The number of nitrogens with one attached hydrogen (secondary N) is 2. The van der Waals surface area contributed by atoms with Gasteiger partial charge in [0.05, 0.1) is 19.0 Å². The van der Waals surface area contributed by atoms with Crippen LogP contribution in [0.3, 0.4) is 0 Å². The Labute approximate surface area is 202 Å². The van der Waals surface area contributed by atoms with Crippen LogP contribution in [0.1, 0.15) is 12.8 Å². The number of fused-ring (bicyclic) bond motifs is 1. The van der Waals surface area contributed by atoms with Crippen LogP contribution in [0.4, 0.5) is 11.5 Å². The fraction of sp³-hybridized carbons (Fsp3) is 0.269. The van der Waals surface area contributed by atoms with Crippen molar-refractivity contribution in [2.75, 3.05) is 37.4 Å². The third kappa shape index (κ3) is 5.03. The number of para-hydroxylation sites is 1. The molecule has 1 aliphatic heterocycles. The van der Waals surface area contributed by atoms with Gasteiger partial charge in [-0.05, 0) is 42.7 Å². The highest BCUT2D eigenvalue weighted by molar-refractivity contribution is 7.17. The van der Waals surface area contributed by atoms with Crippen molar-refractivity contribution in [3.8, 4) is 16.9 Å². The van der Waals surface area contributed by atoms with E-state index in [9.17, 15) is 4.79 Å².